The first-order chi connectivity index (χ1) is 14.9. The molecule has 0 heterocycles. The molecule has 8 heteroatoms. The van der Waals surface area contributed by atoms with E-state index < -0.39 is 16.0 Å². The van der Waals surface area contributed by atoms with Gasteiger partial charge in [-0.2, -0.15) is 0 Å². The maximum Gasteiger partial charge on any atom is 0.338 e. The monoisotopic (exact) mass is 448 g/mol. The number of nitrogens with two attached hydrogens (primary N) is 1. The van der Waals surface area contributed by atoms with E-state index in [1.54, 1.807) is 30.3 Å². The van der Waals surface area contributed by atoms with Gasteiger partial charge in [0.25, 0.3) is 0 Å². The Morgan fingerprint density at radius 2 is 1.68 bits per heavy atom. The number of para-hydroxylation sites is 1. The van der Waals surface area contributed by atoms with Gasteiger partial charge in [-0.3, -0.25) is 0 Å². The molecule has 3 N–H and O–H groups in total. The molecule has 0 bridgehead atoms. The van der Waals surface area contributed by atoms with E-state index in [0.717, 1.165) is 38.5 Å². The van der Waals surface area contributed by atoms with E-state index in [1.165, 1.54) is 6.07 Å². The molecule has 0 amide bonds. The van der Waals surface area contributed by atoms with Crippen LogP contribution in [0.4, 0.5) is 5.69 Å². The predicted molar refractivity (Wildman–Crippen MR) is 122 cm³/mol. The first-order valence-corrected chi connectivity index (χ1v) is 12.3. The number of ether oxygens (including phenoxy) is 2. The third-order valence-corrected chi connectivity index (χ3v) is 5.55. The molecule has 2 rings (SSSR count). The molecule has 0 spiro atoms. The Labute approximate surface area is 185 Å². The Kier molecular flexibility index (Phi) is 9.81. The summed E-state index contributed by atoms with van der Waals surface area (Å²) in [5.74, 6) is -0.0736. The van der Waals surface area contributed by atoms with Crippen molar-refractivity contribution in [2.45, 2.75) is 57.3 Å². The van der Waals surface area contributed by atoms with Crippen molar-refractivity contribution in [1.82, 2.24) is 0 Å². The van der Waals surface area contributed by atoms with Gasteiger partial charge in [0.2, 0.25) is 10.0 Å². The lowest BCUT2D eigenvalue weighted by Crippen LogP contribution is -2.17. The van der Waals surface area contributed by atoms with Crippen LogP contribution in [0.2, 0.25) is 0 Å². The number of hydrogen-bond acceptors (Lipinski definition) is 6. The van der Waals surface area contributed by atoms with Crippen LogP contribution in [-0.2, 0) is 14.8 Å². The van der Waals surface area contributed by atoms with Crippen molar-refractivity contribution in [3.8, 4) is 11.5 Å². The topological polar surface area (TPSA) is 108 Å². The number of rotatable bonds is 13. The Morgan fingerprint density at radius 3 is 2.32 bits per heavy atom. The number of sulfonamides is 1. The average molecular weight is 449 g/mol. The van der Waals surface area contributed by atoms with Gasteiger partial charge in [-0.15, -0.1) is 0 Å². The first-order valence-electron chi connectivity index (χ1n) is 10.7. The van der Waals surface area contributed by atoms with Crippen LogP contribution in [0.5, 0.6) is 11.5 Å². The van der Waals surface area contributed by atoms with Gasteiger partial charge in [-0.05, 0) is 37.1 Å². The average Bonchev–Trinajstić information content (AvgIpc) is 2.74. The molecule has 170 valence electrons. The number of anilines is 1. The third-order valence-electron chi connectivity index (χ3n) is 4.64. The molecule has 31 heavy (non-hydrogen) atoms. The minimum atomic E-state index is -4.17. The van der Waals surface area contributed by atoms with Gasteiger partial charge < -0.3 is 14.8 Å². The van der Waals surface area contributed by atoms with Crippen molar-refractivity contribution in [3.05, 3.63) is 48.0 Å². The summed E-state index contributed by atoms with van der Waals surface area (Å²) in [4.78, 5) is 12.3. The highest BCUT2D eigenvalue weighted by atomic mass is 32.2. The maximum atomic E-state index is 12.6. The van der Waals surface area contributed by atoms with Gasteiger partial charge in [-0.25, -0.2) is 18.4 Å². The normalized spacial score (nSPS) is 11.2. The van der Waals surface area contributed by atoms with Crippen molar-refractivity contribution in [2.75, 3.05) is 18.5 Å². The highest BCUT2D eigenvalue weighted by molar-refractivity contribution is 7.89. The van der Waals surface area contributed by atoms with E-state index in [0.29, 0.717) is 18.0 Å². The highest BCUT2D eigenvalue weighted by Crippen LogP contribution is 2.37. The van der Waals surface area contributed by atoms with E-state index in [4.69, 9.17) is 14.6 Å². The second kappa shape index (κ2) is 12.3. The fraction of sp³-hybridized carbons (Fsp3) is 0.435. The quantitative estimate of drug-likeness (QED) is 0.327. The van der Waals surface area contributed by atoms with Gasteiger partial charge in [0.15, 0.2) is 5.75 Å². The summed E-state index contributed by atoms with van der Waals surface area (Å²) in [5, 5.41) is 8.68. The zero-order valence-corrected chi connectivity index (χ0v) is 19.0. The molecule has 0 aliphatic carbocycles. The van der Waals surface area contributed by atoms with Crippen LogP contribution in [-0.4, -0.2) is 27.5 Å². The van der Waals surface area contributed by atoms with Gasteiger partial charge in [0.1, 0.15) is 10.6 Å². The van der Waals surface area contributed by atoms with Crippen molar-refractivity contribution in [2.24, 2.45) is 5.14 Å². The van der Waals surface area contributed by atoms with Crippen molar-refractivity contribution in [3.63, 3.8) is 0 Å². The second-order valence-corrected chi connectivity index (χ2v) is 8.82. The minimum absolute atomic E-state index is 0.0627. The zero-order chi connectivity index (χ0) is 22.7. The molecular weight excluding hydrogens is 416 g/mol. The van der Waals surface area contributed by atoms with Crippen LogP contribution in [0.25, 0.3) is 0 Å². The van der Waals surface area contributed by atoms with Crippen LogP contribution in [0, 0.1) is 0 Å². The molecule has 0 radical (unpaired) electrons. The summed E-state index contributed by atoms with van der Waals surface area (Å²) < 4.78 is 35.9. The van der Waals surface area contributed by atoms with Crippen LogP contribution in [0.3, 0.4) is 0 Å². The summed E-state index contributed by atoms with van der Waals surface area (Å²) in [7, 11) is -4.17. The van der Waals surface area contributed by atoms with E-state index in [1.807, 2.05) is 6.07 Å². The van der Waals surface area contributed by atoms with Crippen LogP contribution >= 0.6 is 0 Å². The molecule has 0 atom stereocenters. The van der Waals surface area contributed by atoms with E-state index in [9.17, 15) is 13.2 Å². The molecule has 0 aromatic heterocycles. The standard InChI is InChI=1S/C23H32N2O5S/c1-3-5-10-14-25-20-16-18(23(26)29-15-11-6-4-2)17-21(31(24,27)28)22(20)30-19-12-8-7-9-13-19/h7-9,12-13,16-17,25H,3-6,10-11,14-15H2,1-2H3,(H2,24,27,28). The molecule has 0 unspecified atom stereocenters. The van der Waals surface area contributed by atoms with Gasteiger partial charge in [0.05, 0.1) is 17.9 Å². The van der Waals surface area contributed by atoms with Crippen LogP contribution in [0.15, 0.2) is 47.4 Å². The number of benzene rings is 2. The first kappa shape index (κ1) is 24.7. The summed E-state index contributed by atoms with van der Waals surface area (Å²) in [5.41, 5.74) is 0.492. The number of primary sulfonamides is 1. The van der Waals surface area contributed by atoms with Crippen molar-refractivity contribution >= 4 is 21.7 Å². The fourth-order valence-corrected chi connectivity index (χ4v) is 3.67. The summed E-state index contributed by atoms with van der Waals surface area (Å²) in [6.45, 7) is 5.03. The van der Waals surface area contributed by atoms with Crippen molar-refractivity contribution < 1.29 is 22.7 Å². The Morgan fingerprint density at radius 1 is 1.00 bits per heavy atom. The number of nitrogens with one attached hydrogen (secondary N) is 1. The molecule has 0 aliphatic rings. The smallest absolute Gasteiger partial charge is 0.338 e. The Hall–Kier alpha value is -2.58. The van der Waals surface area contributed by atoms with E-state index >= 15 is 0 Å². The Balaban J connectivity index is 2.43. The lowest BCUT2D eigenvalue weighted by Gasteiger charge is -2.18. The molecule has 2 aromatic rings. The Bertz CT molecular complexity index is 946. The summed E-state index contributed by atoms with van der Waals surface area (Å²) in [6, 6.07) is 11.6. The van der Waals surface area contributed by atoms with E-state index in [2.05, 4.69) is 19.2 Å². The summed E-state index contributed by atoms with van der Waals surface area (Å²) in [6.07, 6.45) is 5.65. The SMILES string of the molecule is CCCCCNc1cc(C(=O)OCCCCC)cc(S(N)(=O)=O)c1Oc1ccccc1. The van der Waals surface area contributed by atoms with Crippen molar-refractivity contribution in [1.29, 1.82) is 0 Å². The largest absolute Gasteiger partial charge is 0.462 e. The van der Waals surface area contributed by atoms with Gasteiger partial charge in [-0.1, -0.05) is 57.7 Å². The molecule has 0 saturated heterocycles. The van der Waals surface area contributed by atoms with Crippen LogP contribution in [0.1, 0.15) is 62.7 Å². The number of carbonyl (C=O) groups is 1. The number of hydrogen-bond donors (Lipinski definition) is 2. The molecule has 0 fully saturated rings. The lowest BCUT2D eigenvalue weighted by atomic mass is 10.1. The third kappa shape index (κ3) is 7.88. The minimum Gasteiger partial charge on any atom is -0.462 e. The van der Waals surface area contributed by atoms with Crippen LogP contribution < -0.4 is 15.2 Å². The number of unbranched alkanes of at least 4 members (excludes halogenated alkanes) is 4. The lowest BCUT2D eigenvalue weighted by molar-refractivity contribution is 0.0498. The predicted octanol–water partition coefficient (Wildman–Crippen LogP) is 5.08. The molecular formula is C23H32N2O5S. The van der Waals surface area contributed by atoms with Gasteiger partial charge >= 0.3 is 5.97 Å². The number of esters is 1. The fourth-order valence-electron chi connectivity index (χ4n) is 2.97. The highest BCUT2D eigenvalue weighted by Gasteiger charge is 2.24. The summed E-state index contributed by atoms with van der Waals surface area (Å²) >= 11 is 0. The zero-order valence-electron chi connectivity index (χ0n) is 18.2. The number of carbonyl (C=O) groups excluding carboxylic acids is 1. The second-order valence-electron chi connectivity index (χ2n) is 7.29. The molecule has 0 saturated carbocycles. The molecule has 7 nitrogen and oxygen atoms in total. The maximum absolute atomic E-state index is 12.6. The molecule has 0 aliphatic heterocycles. The van der Waals surface area contributed by atoms with E-state index in [-0.39, 0.29) is 22.8 Å². The van der Waals surface area contributed by atoms with Gasteiger partial charge in [0, 0.05) is 6.54 Å². The molecule has 2 aromatic carbocycles.